The Labute approximate surface area is 274 Å². The summed E-state index contributed by atoms with van der Waals surface area (Å²) in [5.41, 5.74) is 8.97. The minimum atomic E-state index is -0.0528. The molecule has 1 saturated heterocycles. The van der Waals surface area contributed by atoms with E-state index in [1.807, 2.05) is 57.3 Å². The number of rotatable bonds is 15. The Morgan fingerprint density at radius 2 is 1.91 bits per heavy atom. The molecule has 3 rings (SSSR count). The monoisotopic (exact) mass is 629 g/mol. The molecule has 0 bridgehead atoms. The van der Waals surface area contributed by atoms with E-state index in [0.717, 1.165) is 79.1 Å². The van der Waals surface area contributed by atoms with Crippen LogP contribution in [0.2, 0.25) is 0 Å². The molecule has 0 spiro atoms. The van der Waals surface area contributed by atoms with Crippen molar-refractivity contribution < 1.29 is 14.7 Å². The smallest absolute Gasteiger partial charge is 0.261 e. The summed E-state index contributed by atoms with van der Waals surface area (Å²) in [4.78, 5) is 28.1. The van der Waals surface area contributed by atoms with Crippen LogP contribution in [-0.4, -0.2) is 59.3 Å². The SMILES string of the molecule is C=C/C=C(C(=NC)NO)\C(=C/C)c1ccc(Cc2c(CCC)nc(C)n(/C(=C/N=C(CC)COC3CCOCC3)CC)c2=O)cc1. The van der Waals surface area contributed by atoms with Gasteiger partial charge in [0.15, 0.2) is 5.84 Å². The van der Waals surface area contributed by atoms with Crippen molar-refractivity contribution in [1.29, 1.82) is 0 Å². The molecule has 1 aliphatic heterocycles. The Morgan fingerprint density at radius 1 is 1.20 bits per heavy atom. The second kappa shape index (κ2) is 18.9. The zero-order chi connectivity index (χ0) is 33.5. The molecule has 0 saturated carbocycles. The first-order valence-electron chi connectivity index (χ1n) is 16.4. The van der Waals surface area contributed by atoms with Crippen LogP contribution in [0.5, 0.6) is 0 Å². The van der Waals surface area contributed by atoms with Crippen LogP contribution in [0.1, 0.15) is 88.0 Å². The first-order valence-corrected chi connectivity index (χ1v) is 16.4. The number of allylic oxidation sites excluding steroid dienone is 4. The highest BCUT2D eigenvalue weighted by molar-refractivity contribution is 6.11. The van der Waals surface area contributed by atoms with E-state index in [9.17, 15) is 10.0 Å². The molecular formula is C37H51N5O4. The van der Waals surface area contributed by atoms with E-state index in [1.165, 1.54) is 0 Å². The quantitative estimate of drug-likeness (QED) is 0.0963. The fraction of sp³-hybridized carbons (Fsp3) is 0.459. The van der Waals surface area contributed by atoms with E-state index in [0.29, 0.717) is 42.2 Å². The molecule has 46 heavy (non-hydrogen) atoms. The van der Waals surface area contributed by atoms with E-state index < -0.39 is 0 Å². The predicted molar refractivity (Wildman–Crippen MR) is 189 cm³/mol. The highest BCUT2D eigenvalue weighted by atomic mass is 16.5. The van der Waals surface area contributed by atoms with Gasteiger partial charge in [-0.1, -0.05) is 76.3 Å². The van der Waals surface area contributed by atoms with Crippen LogP contribution in [0.3, 0.4) is 0 Å². The van der Waals surface area contributed by atoms with E-state index in [1.54, 1.807) is 23.8 Å². The lowest BCUT2D eigenvalue weighted by molar-refractivity contribution is -0.0192. The zero-order valence-corrected chi connectivity index (χ0v) is 28.4. The number of aryl methyl sites for hydroxylation is 2. The molecule has 248 valence electrons. The standard InChI is InChI=1S/C37H51N5O4/c1-8-13-33(36(38-7)41-44)32(12-5)28-17-15-27(16-18-28)23-34-35(14-9-2)40-26(6)42(37(34)43)30(11-4)24-39-29(10-3)25-46-31-19-21-45-22-20-31/h8,12-13,15-18,24,31,44H,1,9-11,14,19-23,25H2,2-7H3,(H,38,41)/b30-24+,32-12-,33-13+,39-29?. The third-order valence-corrected chi connectivity index (χ3v) is 8.12. The number of aliphatic imine (C=N–C) groups is 2. The molecule has 0 atom stereocenters. The molecule has 0 unspecified atom stereocenters. The molecule has 1 aromatic carbocycles. The Balaban J connectivity index is 1.96. The molecule has 9 heteroatoms. The average Bonchev–Trinajstić information content (AvgIpc) is 3.07. The summed E-state index contributed by atoms with van der Waals surface area (Å²) in [6.07, 6.45) is 12.7. The van der Waals surface area contributed by atoms with Crippen molar-refractivity contribution in [2.45, 2.75) is 85.7 Å². The van der Waals surface area contributed by atoms with E-state index in [4.69, 9.17) is 19.5 Å². The summed E-state index contributed by atoms with van der Waals surface area (Å²) in [5, 5.41) is 9.62. The van der Waals surface area contributed by atoms with Crippen molar-refractivity contribution in [3.8, 4) is 0 Å². The largest absolute Gasteiger partial charge is 0.381 e. The normalized spacial score (nSPS) is 15.8. The summed E-state index contributed by atoms with van der Waals surface area (Å²) < 4.78 is 13.3. The number of ether oxygens (including phenoxy) is 2. The number of hydrogen-bond donors (Lipinski definition) is 2. The van der Waals surface area contributed by atoms with E-state index in [2.05, 4.69) is 30.9 Å². The topological polar surface area (TPSA) is 110 Å². The van der Waals surface area contributed by atoms with Crippen molar-refractivity contribution in [3.63, 3.8) is 0 Å². The lowest BCUT2D eigenvalue weighted by atomic mass is 9.94. The number of nitrogens with zero attached hydrogens (tertiary/aromatic N) is 4. The van der Waals surface area contributed by atoms with Gasteiger partial charge in [0.05, 0.1) is 18.4 Å². The van der Waals surface area contributed by atoms with Crippen molar-refractivity contribution >= 4 is 22.8 Å². The molecule has 0 amide bonds. The van der Waals surface area contributed by atoms with Crippen LogP contribution in [0.4, 0.5) is 0 Å². The molecule has 0 aliphatic carbocycles. The maximum atomic E-state index is 14.2. The fourth-order valence-electron chi connectivity index (χ4n) is 5.57. The van der Waals surface area contributed by atoms with Crippen LogP contribution in [-0.2, 0) is 22.3 Å². The number of benzene rings is 1. The van der Waals surface area contributed by atoms with Gasteiger partial charge in [-0.25, -0.2) is 4.98 Å². The van der Waals surface area contributed by atoms with E-state index >= 15 is 0 Å². The van der Waals surface area contributed by atoms with E-state index in [-0.39, 0.29) is 11.7 Å². The van der Waals surface area contributed by atoms with Crippen molar-refractivity contribution in [1.82, 2.24) is 15.0 Å². The van der Waals surface area contributed by atoms with Gasteiger partial charge in [0, 0.05) is 55.4 Å². The van der Waals surface area contributed by atoms with Crippen LogP contribution < -0.4 is 11.0 Å². The second-order valence-corrected chi connectivity index (χ2v) is 11.2. The number of hydroxylamine groups is 1. The van der Waals surface area contributed by atoms with Gasteiger partial charge < -0.3 is 9.47 Å². The second-order valence-electron chi connectivity index (χ2n) is 11.2. The van der Waals surface area contributed by atoms with Crippen LogP contribution in [0.15, 0.2) is 75.6 Å². The van der Waals surface area contributed by atoms with Gasteiger partial charge in [0.2, 0.25) is 0 Å². The van der Waals surface area contributed by atoms with Gasteiger partial charge in [-0.2, -0.15) is 0 Å². The van der Waals surface area contributed by atoms with Gasteiger partial charge >= 0.3 is 0 Å². The summed E-state index contributed by atoms with van der Waals surface area (Å²) in [5.74, 6) is 1.01. The number of amidine groups is 1. The fourth-order valence-corrected chi connectivity index (χ4v) is 5.57. The summed E-state index contributed by atoms with van der Waals surface area (Å²) in [7, 11) is 1.61. The van der Waals surface area contributed by atoms with Gasteiger partial charge in [0.25, 0.3) is 5.56 Å². The van der Waals surface area contributed by atoms with Gasteiger partial charge in [0.1, 0.15) is 5.82 Å². The number of hydrogen-bond acceptors (Lipinski definition) is 7. The lowest BCUT2D eigenvalue weighted by Crippen LogP contribution is -2.29. The molecule has 1 aliphatic rings. The van der Waals surface area contributed by atoms with Crippen molar-refractivity contribution in [2.75, 3.05) is 26.9 Å². The number of nitrogens with one attached hydrogen (secondary N) is 1. The molecule has 2 aromatic rings. The van der Waals surface area contributed by atoms with Gasteiger partial charge in [-0.05, 0) is 62.7 Å². The molecule has 9 nitrogen and oxygen atoms in total. The van der Waals surface area contributed by atoms with Crippen LogP contribution >= 0.6 is 0 Å². The average molecular weight is 630 g/mol. The minimum Gasteiger partial charge on any atom is -0.381 e. The van der Waals surface area contributed by atoms with Crippen LogP contribution in [0, 0.1) is 6.92 Å². The lowest BCUT2D eigenvalue weighted by Gasteiger charge is -2.22. The summed E-state index contributed by atoms with van der Waals surface area (Å²) >= 11 is 0. The third-order valence-electron chi connectivity index (χ3n) is 8.12. The Bertz CT molecular complexity index is 1520. The van der Waals surface area contributed by atoms with Gasteiger partial charge in [-0.15, -0.1) is 0 Å². The van der Waals surface area contributed by atoms with Crippen molar-refractivity contribution in [2.24, 2.45) is 9.98 Å². The molecule has 2 heterocycles. The Hall–Kier alpha value is -3.92. The van der Waals surface area contributed by atoms with Gasteiger partial charge in [-0.3, -0.25) is 30.0 Å². The number of aromatic nitrogens is 2. The maximum Gasteiger partial charge on any atom is 0.261 e. The summed E-state index contributed by atoms with van der Waals surface area (Å²) in [6.45, 7) is 15.8. The Morgan fingerprint density at radius 3 is 2.48 bits per heavy atom. The maximum absolute atomic E-state index is 14.2. The predicted octanol–water partition coefficient (Wildman–Crippen LogP) is 6.87. The van der Waals surface area contributed by atoms with Crippen LogP contribution in [0.25, 0.3) is 11.3 Å². The molecule has 1 fully saturated rings. The highest BCUT2D eigenvalue weighted by Crippen LogP contribution is 2.25. The zero-order valence-electron chi connectivity index (χ0n) is 28.4. The first-order chi connectivity index (χ1) is 22.3. The third kappa shape index (κ3) is 9.55. The summed E-state index contributed by atoms with van der Waals surface area (Å²) in [6, 6.07) is 8.11. The molecule has 2 N–H and O–H groups in total. The molecule has 1 aromatic heterocycles. The Kier molecular flexibility index (Phi) is 15.0. The highest BCUT2D eigenvalue weighted by Gasteiger charge is 2.18. The molecule has 0 radical (unpaired) electrons. The molecular weight excluding hydrogens is 578 g/mol. The minimum absolute atomic E-state index is 0.0528. The first kappa shape index (κ1) is 36.5. The van der Waals surface area contributed by atoms with Crippen molar-refractivity contribution in [3.05, 3.63) is 99.4 Å².